The number of pyridine rings is 1. The number of amides is 1. The van der Waals surface area contributed by atoms with Crippen LogP contribution in [0.25, 0.3) is 43.8 Å². The highest BCUT2D eigenvalue weighted by Gasteiger charge is 2.35. The van der Waals surface area contributed by atoms with Gasteiger partial charge >= 0.3 is 0 Å². The third-order valence-corrected chi connectivity index (χ3v) is 9.79. The highest BCUT2D eigenvalue weighted by atomic mass is 35.5. The summed E-state index contributed by atoms with van der Waals surface area (Å²) in [6, 6.07) is 17.8. The Morgan fingerprint density at radius 3 is 2.71 bits per heavy atom. The number of piperidine rings is 1. The summed E-state index contributed by atoms with van der Waals surface area (Å²) in [7, 11) is 4.11. The Bertz CT molecular complexity index is 2020. The molecule has 1 amide bonds. The van der Waals surface area contributed by atoms with Gasteiger partial charge in [0.2, 0.25) is 5.91 Å². The standard InChI is InChI=1S/C35H33ClFN7O/c1-4-29(45)43-15-13-23(16-22(43)12-14-38)44-20-39-33-34(44)27-17-28(36)30(26-11-7-9-21-8-5-6-10-25(21)26)31(37)32(27)40-35(33)42-18-24(19-42)41(2)3/h4-11,17,20,22-24H,1,12-13,15-16,18-19H2,2-3H3. The minimum Gasteiger partial charge on any atom is -0.351 e. The molecule has 2 aliphatic heterocycles. The van der Waals surface area contributed by atoms with Crippen LogP contribution < -0.4 is 4.90 Å². The molecule has 3 aromatic carbocycles. The van der Waals surface area contributed by atoms with Gasteiger partial charge in [-0.1, -0.05) is 60.6 Å². The zero-order chi connectivity index (χ0) is 31.4. The largest absolute Gasteiger partial charge is 0.351 e. The number of fused-ring (bicyclic) bond motifs is 4. The molecule has 0 bridgehead atoms. The maximum Gasteiger partial charge on any atom is 0.246 e. The minimum absolute atomic E-state index is 0.0637. The maximum atomic E-state index is 17.0. The first kappa shape index (κ1) is 29.2. The number of halogens is 2. The predicted molar refractivity (Wildman–Crippen MR) is 177 cm³/mol. The Kier molecular flexibility index (Phi) is 7.43. The molecule has 10 heteroatoms. The van der Waals surface area contributed by atoms with Crippen molar-refractivity contribution in [2.75, 3.05) is 38.6 Å². The van der Waals surface area contributed by atoms with E-state index in [1.165, 1.54) is 6.08 Å². The molecule has 0 saturated carbocycles. The Morgan fingerprint density at radius 2 is 1.96 bits per heavy atom. The van der Waals surface area contributed by atoms with Crippen LogP contribution in [0.4, 0.5) is 10.2 Å². The van der Waals surface area contributed by atoms with Crippen LogP contribution in [0.5, 0.6) is 0 Å². The lowest BCUT2D eigenvalue weighted by Gasteiger charge is -2.43. The average molecular weight is 622 g/mol. The molecule has 2 atom stereocenters. The molecule has 2 unspecified atom stereocenters. The summed E-state index contributed by atoms with van der Waals surface area (Å²) in [5.41, 5.74) is 2.73. The van der Waals surface area contributed by atoms with Crippen LogP contribution in [-0.4, -0.2) is 76.1 Å². The zero-order valence-electron chi connectivity index (χ0n) is 25.2. The monoisotopic (exact) mass is 621 g/mol. The number of aromatic nitrogens is 3. The van der Waals surface area contributed by atoms with Crippen LogP contribution in [0, 0.1) is 17.1 Å². The van der Waals surface area contributed by atoms with Gasteiger partial charge in [0.05, 0.1) is 29.4 Å². The second-order valence-electron chi connectivity index (χ2n) is 12.2. The van der Waals surface area contributed by atoms with E-state index in [-0.39, 0.29) is 29.9 Å². The highest BCUT2D eigenvalue weighted by Crippen LogP contribution is 2.43. The number of imidazole rings is 1. The molecule has 7 rings (SSSR count). The quantitative estimate of drug-likeness (QED) is 0.199. The van der Waals surface area contributed by atoms with E-state index >= 15 is 4.39 Å². The number of carbonyl (C=O) groups is 1. The molecule has 2 saturated heterocycles. The van der Waals surface area contributed by atoms with Gasteiger partial charge < -0.3 is 19.3 Å². The van der Waals surface area contributed by atoms with Crippen molar-refractivity contribution in [1.82, 2.24) is 24.3 Å². The smallest absolute Gasteiger partial charge is 0.246 e. The van der Waals surface area contributed by atoms with Gasteiger partial charge in [-0.15, -0.1) is 0 Å². The van der Waals surface area contributed by atoms with Gasteiger partial charge in [0.15, 0.2) is 11.6 Å². The SMILES string of the molecule is C=CC(=O)N1CCC(n2cnc3c(N4CC(N(C)C)C4)nc4c(F)c(-c5cccc6ccccc56)c(Cl)cc4c32)CC1CC#N. The third-order valence-electron chi connectivity index (χ3n) is 9.49. The number of hydrogen-bond acceptors (Lipinski definition) is 6. The van der Waals surface area contributed by atoms with Gasteiger partial charge in [0, 0.05) is 48.7 Å². The van der Waals surface area contributed by atoms with Crippen LogP contribution in [0.3, 0.4) is 0 Å². The van der Waals surface area contributed by atoms with Crippen molar-refractivity contribution in [1.29, 1.82) is 5.26 Å². The minimum atomic E-state index is -0.469. The summed E-state index contributed by atoms with van der Waals surface area (Å²) in [4.78, 5) is 28.5. The third kappa shape index (κ3) is 4.80. The first-order valence-corrected chi connectivity index (χ1v) is 15.6. The summed E-state index contributed by atoms with van der Waals surface area (Å²) < 4.78 is 19.1. The summed E-state index contributed by atoms with van der Waals surface area (Å²) in [5.74, 6) is -0.000321. The van der Waals surface area contributed by atoms with Crippen molar-refractivity contribution < 1.29 is 9.18 Å². The zero-order valence-corrected chi connectivity index (χ0v) is 26.0. The first-order valence-electron chi connectivity index (χ1n) is 15.2. The van der Waals surface area contributed by atoms with E-state index in [1.54, 1.807) is 11.2 Å². The van der Waals surface area contributed by atoms with Crippen LogP contribution in [-0.2, 0) is 4.79 Å². The number of hydrogen-bond donors (Lipinski definition) is 0. The first-order chi connectivity index (χ1) is 21.8. The molecule has 45 heavy (non-hydrogen) atoms. The van der Waals surface area contributed by atoms with Crippen molar-refractivity contribution in [3.8, 4) is 17.2 Å². The van der Waals surface area contributed by atoms with Crippen molar-refractivity contribution in [3.63, 3.8) is 0 Å². The number of carbonyl (C=O) groups excluding carboxylic acids is 1. The van der Waals surface area contributed by atoms with Crippen molar-refractivity contribution in [2.24, 2.45) is 0 Å². The molecule has 0 radical (unpaired) electrons. The molecule has 0 spiro atoms. The van der Waals surface area contributed by atoms with Gasteiger partial charge in [-0.3, -0.25) is 4.79 Å². The Labute approximate surface area is 265 Å². The topological polar surface area (TPSA) is 81.3 Å². The molecular formula is C35H33ClFN7O. The molecule has 2 fully saturated rings. The maximum absolute atomic E-state index is 17.0. The Hall–Kier alpha value is -4.52. The Balaban J connectivity index is 1.43. The van der Waals surface area contributed by atoms with Crippen LogP contribution in [0.1, 0.15) is 25.3 Å². The molecule has 0 aliphatic carbocycles. The molecule has 228 valence electrons. The lowest BCUT2D eigenvalue weighted by Crippen LogP contribution is -2.57. The van der Waals surface area contributed by atoms with E-state index in [2.05, 4.69) is 41.1 Å². The van der Waals surface area contributed by atoms with Crippen LogP contribution in [0.2, 0.25) is 5.02 Å². The molecule has 4 heterocycles. The van der Waals surface area contributed by atoms with Gasteiger partial charge in [0.25, 0.3) is 0 Å². The number of nitrogens with zero attached hydrogens (tertiary/aromatic N) is 7. The number of rotatable bonds is 6. The number of likely N-dealkylation sites (tertiary alicyclic amines) is 1. The fourth-order valence-corrected chi connectivity index (χ4v) is 7.27. The molecular weight excluding hydrogens is 589 g/mol. The number of anilines is 1. The van der Waals surface area contributed by atoms with E-state index in [9.17, 15) is 10.1 Å². The second-order valence-corrected chi connectivity index (χ2v) is 12.6. The van der Waals surface area contributed by atoms with Crippen LogP contribution >= 0.6 is 11.6 Å². The van der Waals surface area contributed by atoms with Gasteiger partial charge in [-0.05, 0) is 55.4 Å². The lowest BCUT2D eigenvalue weighted by atomic mass is 9.94. The van der Waals surface area contributed by atoms with Crippen molar-refractivity contribution in [2.45, 2.75) is 37.4 Å². The summed E-state index contributed by atoms with van der Waals surface area (Å²) in [5, 5.41) is 12.3. The second kappa shape index (κ2) is 11.4. The van der Waals surface area contributed by atoms with E-state index < -0.39 is 5.82 Å². The summed E-state index contributed by atoms with van der Waals surface area (Å²) in [6.07, 6.45) is 4.53. The average Bonchev–Trinajstić information content (AvgIpc) is 3.46. The fourth-order valence-electron chi connectivity index (χ4n) is 6.98. The molecule has 0 N–H and O–H groups in total. The van der Waals surface area contributed by atoms with E-state index in [1.807, 2.05) is 48.5 Å². The van der Waals surface area contributed by atoms with Crippen molar-refractivity contribution in [3.05, 3.63) is 78.4 Å². The van der Waals surface area contributed by atoms with E-state index in [0.717, 1.165) is 29.4 Å². The van der Waals surface area contributed by atoms with E-state index in [4.69, 9.17) is 21.6 Å². The highest BCUT2D eigenvalue weighted by molar-refractivity contribution is 6.35. The van der Waals surface area contributed by atoms with Gasteiger partial charge in [0.1, 0.15) is 11.0 Å². The van der Waals surface area contributed by atoms with E-state index in [0.29, 0.717) is 58.3 Å². The molecule has 2 aromatic heterocycles. The number of benzene rings is 3. The lowest BCUT2D eigenvalue weighted by molar-refractivity contribution is -0.130. The molecule has 5 aromatic rings. The van der Waals surface area contributed by atoms with Gasteiger partial charge in [-0.2, -0.15) is 5.26 Å². The summed E-state index contributed by atoms with van der Waals surface area (Å²) >= 11 is 6.98. The predicted octanol–water partition coefficient (Wildman–Crippen LogP) is 6.58. The number of likely N-dealkylation sites (N-methyl/N-ethyl adjacent to an activating group) is 1. The van der Waals surface area contributed by atoms with Crippen molar-refractivity contribution >= 4 is 56.0 Å². The fraction of sp³-hybridized carbons (Fsp3) is 0.314. The molecule has 8 nitrogen and oxygen atoms in total. The molecule has 2 aliphatic rings. The Morgan fingerprint density at radius 1 is 1.18 bits per heavy atom. The number of nitriles is 1. The summed E-state index contributed by atoms with van der Waals surface area (Å²) in [6.45, 7) is 5.63. The van der Waals surface area contributed by atoms with Crippen LogP contribution in [0.15, 0.2) is 67.5 Å². The van der Waals surface area contributed by atoms with Gasteiger partial charge in [-0.25, -0.2) is 14.4 Å². The normalized spacial score (nSPS) is 18.9.